The smallest absolute Gasteiger partial charge is 0.427 e. The van der Waals surface area contributed by atoms with Crippen LogP contribution in [0.25, 0.3) is 0 Å². The minimum Gasteiger partial charge on any atom is -0.457 e. The Bertz CT molecular complexity index is 877. The van der Waals surface area contributed by atoms with Gasteiger partial charge in [0.05, 0.1) is 0 Å². The van der Waals surface area contributed by atoms with Gasteiger partial charge in [-0.15, -0.1) is 0 Å². The van der Waals surface area contributed by atoms with E-state index in [1.54, 1.807) is 0 Å². The van der Waals surface area contributed by atoms with E-state index < -0.39 is 83.7 Å². The van der Waals surface area contributed by atoms with Crippen LogP contribution in [0.3, 0.4) is 0 Å². The fourth-order valence-electron chi connectivity index (χ4n) is 4.35. The highest BCUT2D eigenvalue weighted by Crippen LogP contribution is 2.45. The standard InChI is InChI=1S/C24H34F6O10/c1-19(2,39-15(31)11-37-17(33)21(5,35)23(25,26)27)13-9-7-8-10-14(13)20(3,4)40-16(32)12-38-18(34)22(6,36)24(28,29)30/h13-14,35-36H,7-12H2,1-6H3. The normalized spacial score (nSPS) is 21.9. The molecule has 232 valence electrons. The zero-order chi connectivity index (χ0) is 31.5. The predicted molar refractivity (Wildman–Crippen MR) is 121 cm³/mol. The SMILES string of the molecule is CC(C)(OC(=O)COC(=O)C(C)(O)C(F)(F)F)C1CCCCC1C(C)(C)OC(=O)COC(=O)C(C)(O)C(F)(F)F. The van der Waals surface area contributed by atoms with Crippen LogP contribution in [0, 0.1) is 11.8 Å². The van der Waals surface area contributed by atoms with Gasteiger partial charge in [-0.25, -0.2) is 19.2 Å². The van der Waals surface area contributed by atoms with Gasteiger partial charge in [0.1, 0.15) is 11.2 Å². The highest BCUT2D eigenvalue weighted by atomic mass is 19.4. The molecule has 0 aliphatic heterocycles. The Kier molecular flexibility index (Phi) is 10.7. The number of halogens is 6. The molecule has 1 saturated carbocycles. The van der Waals surface area contributed by atoms with Crippen molar-refractivity contribution in [2.75, 3.05) is 13.2 Å². The lowest BCUT2D eigenvalue weighted by atomic mass is 9.65. The number of aliphatic hydroxyl groups is 2. The van der Waals surface area contributed by atoms with Crippen LogP contribution in [0.2, 0.25) is 0 Å². The van der Waals surface area contributed by atoms with E-state index >= 15 is 0 Å². The average molecular weight is 597 g/mol. The van der Waals surface area contributed by atoms with E-state index in [2.05, 4.69) is 9.47 Å². The molecule has 0 heterocycles. The van der Waals surface area contributed by atoms with Gasteiger partial charge in [0.25, 0.3) is 11.2 Å². The topological polar surface area (TPSA) is 146 Å². The second-order valence-corrected chi connectivity index (χ2v) is 10.9. The molecular formula is C24H34F6O10. The first-order valence-corrected chi connectivity index (χ1v) is 12.1. The van der Waals surface area contributed by atoms with Gasteiger partial charge in [-0.05, 0) is 54.4 Å². The van der Waals surface area contributed by atoms with Crippen molar-refractivity contribution in [3.05, 3.63) is 0 Å². The lowest BCUT2D eigenvalue weighted by molar-refractivity contribution is -0.257. The second-order valence-electron chi connectivity index (χ2n) is 10.9. The first-order valence-electron chi connectivity index (χ1n) is 12.1. The number of hydrogen-bond donors (Lipinski definition) is 2. The van der Waals surface area contributed by atoms with Crippen molar-refractivity contribution in [2.24, 2.45) is 11.8 Å². The molecule has 4 unspecified atom stereocenters. The lowest BCUT2D eigenvalue weighted by Crippen LogP contribution is -2.52. The number of alkyl halides is 6. The molecule has 10 nitrogen and oxygen atoms in total. The summed E-state index contributed by atoms with van der Waals surface area (Å²) in [6.45, 7) is 3.83. The third kappa shape index (κ3) is 8.44. The molecule has 0 spiro atoms. The maximum atomic E-state index is 12.8. The van der Waals surface area contributed by atoms with E-state index in [-0.39, 0.29) is 13.8 Å². The summed E-state index contributed by atoms with van der Waals surface area (Å²) in [6, 6.07) is 0. The van der Waals surface area contributed by atoms with Crippen LogP contribution in [0.1, 0.15) is 67.2 Å². The minimum absolute atomic E-state index is 0.167. The molecule has 1 rings (SSSR count). The Hall–Kier alpha value is -2.62. The van der Waals surface area contributed by atoms with Gasteiger partial charge >= 0.3 is 36.2 Å². The second kappa shape index (κ2) is 12.1. The van der Waals surface area contributed by atoms with Crippen LogP contribution in [0.15, 0.2) is 0 Å². The van der Waals surface area contributed by atoms with Gasteiger partial charge in [0.2, 0.25) is 0 Å². The third-order valence-electron chi connectivity index (χ3n) is 6.85. The zero-order valence-electron chi connectivity index (χ0n) is 22.8. The van der Waals surface area contributed by atoms with E-state index in [1.165, 1.54) is 27.7 Å². The number of ether oxygens (including phenoxy) is 4. The van der Waals surface area contributed by atoms with E-state index in [0.717, 1.165) is 0 Å². The van der Waals surface area contributed by atoms with E-state index in [0.29, 0.717) is 25.7 Å². The highest BCUT2D eigenvalue weighted by Gasteiger charge is 2.58. The summed E-state index contributed by atoms with van der Waals surface area (Å²) in [5, 5.41) is 18.7. The summed E-state index contributed by atoms with van der Waals surface area (Å²) >= 11 is 0. The molecule has 4 atom stereocenters. The largest absolute Gasteiger partial charge is 0.457 e. The molecule has 0 saturated heterocycles. The number of rotatable bonds is 10. The molecule has 0 bridgehead atoms. The van der Waals surface area contributed by atoms with E-state index in [1.807, 2.05) is 0 Å². The maximum absolute atomic E-state index is 12.8. The molecule has 0 radical (unpaired) electrons. The molecule has 0 amide bonds. The van der Waals surface area contributed by atoms with Crippen LogP contribution in [0.4, 0.5) is 26.3 Å². The van der Waals surface area contributed by atoms with Crippen molar-refractivity contribution >= 4 is 23.9 Å². The number of hydrogen-bond acceptors (Lipinski definition) is 10. The Morgan fingerprint density at radius 3 is 1.15 bits per heavy atom. The monoisotopic (exact) mass is 596 g/mol. The quantitative estimate of drug-likeness (QED) is 0.219. The van der Waals surface area contributed by atoms with Crippen LogP contribution < -0.4 is 0 Å². The maximum Gasteiger partial charge on any atom is 0.427 e. The van der Waals surface area contributed by atoms with Crippen LogP contribution in [0.5, 0.6) is 0 Å². The third-order valence-corrected chi connectivity index (χ3v) is 6.85. The van der Waals surface area contributed by atoms with Crippen molar-refractivity contribution in [1.29, 1.82) is 0 Å². The molecule has 2 N–H and O–H groups in total. The number of carbonyl (C=O) groups is 4. The number of carbonyl (C=O) groups excluding carboxylic acids is 4. The van der Waals surface area contributed by atoms with E-state index in [9.17, 15) is 55.7 Å². The first kappa shape index (κ1) is 35.4. The van der Waals surface area contributed by atoms with Gasteiger partial charge in [-0.1, -0.05) is 12.8 Å². The van der Waals surface area contributed by atoms with Gasteiger partial charge in [0.15, 0.2) is 13.2 Å². The molecule has 0 aromatic heterocycles. The molecular weight excluding hydrogens is 562 g/mol. The zero-order valence-corrected chi connectivity index (χ0v) is 22.8. The molecule has 1 fully saturated rings. The summed E-state index contributed by atoms with van der Waals surface area (Å²) in [5.41, 5.74) is -10.4. The van der Waals surface area contributed by atoms with Crippen LogP contribution in [-0.4, -0.2) is 82.1 Å². The van der Waals surface area contributed by atoms with Crippen molar-refractivity contribution in [3.63, 3.8) is 0 Å². The first-order chi connectivity index (χ1) is 17.8. The molecule has 0 aromatic carbocycles. The molecule has 1 aliphatic carbocycles. The number of esters is 4. The summed E-state index contributed by atoms with van der Waals surface area (Å²) in [7, 11) is 0. The average Bonchev–Trinajstić information content (AvgIpc) is 2.78. The Morgan fingerprint density at radius 1 is 0.625 bits per heavy atom. The van der Waals surface area contributed by atoms with Gasteiger partial charge < -0.3 is 29.2 Å². The fraction of sp³-hybridized carbons (Fsp3) is 0.833. The minimum atomic E-state index is -5.35. The van der Waals surface area contributed by atoms with Gasteiger partial charge in [0, 0.05) is 11.8 Å². The molecule has 0 aromatic rings. The summed E-state index contributed by atoms with van der Waals surface area (Å²) in [6.07, 6.45) is -8.48. The Labute approximate surface area is 226 Å². The Morgan fingerprint density at radius 2 is 0.900 bits per heavy atom. The summed E-state index contributed by atoms with van der Waals surface area (Å²) in [5.74, 6) is -7.66. The van der Waals surface area contributed by atoms with Gasteiger partial charge in [-0.3, -0.25) is 0 Å². The van der Waals surface area contributed by atoms with Gasteiger partial charge in [-0.2, -0.15) is 26.3 Å². The summed E-state index contributed by atoms with van der Waals surface area (Å²) < 4.78 is 96.0. The van der Waals surface area contributed by atoms with E-state index in [4.69, 9.17) is 9.47 Å². The fourth-order valence-corrected chi connectivity index (χ4v) is 4.35. The van der Waals surface area contributed by atoms with Crippen LogP contribution in [-0.2, 0) is 38.1 Å². The van der Waals surface area contributed by atoms with Crippen molar-refractivity contribution < 1.29 is 74.7 Å². The molecule has 40 heavy (non-hydrogen) atoms. The lowest BCUT2D eigenvalue weighted by Gasteiger charge is -2.47. The van der Waals surface area contributed by atoms with Crippen molar-refractivity contribution in [3.8, 4) is 0 Å². The highest BCUT2D eigenvalue weighted by molar-refractivity contribution is 5.83. The van der Waals surface area contributed by atoms with Crippen molar-refractivity contribution in [1.82, 2.24) is 0 Å². The van der Waals surface area contributed by atoms with Crippen molar-refractivity contribution in [2.45, 2.75) is 102 Å². The summed E-state index contributed by atoms with van der Waals surface area (Å²) in [4.78, 5) is 47.9. The Balaban J connectivity index is 2.88. The van der Waals surface area contributed by atoms with Crippen LogP contribution >= 0.6 is 0 Å². The molecule has 16 heteroatoms. The molecule has 1 aliphatic rings. The predicted octanol–water partition coefficient (Wildman–Crippen LogP) is 3.15.